The highest BCUT2D eigenvalue weighted by molar-refractivity contribution is 6.34. The van der Waals surface area contributed by atoms with Gasteiger partial charge in [-0.25, -0.2) is 0 Å². The summed E-state index contributed by atoms with van der Waals surface area (Å²) in [5.41, 5.74) is 4.36. The molecule has 0 saturated heterocycles. The highest BCUT2D eigenvalue weighted by Crippen LogP contribution is 2.49. The number of anilines is 1. The molecule has 3 heterocycles. The van der Waals surface area contributed by atoms with Gasteiger partial charge >= 0.3 is 0 Å². The molecule has 2 aliphatic rings. The van der Waals surface area contributed by atoms with Crippen molar-refractivity contribution in [2.75, 3.05) is 5.32 Å². The summed E-state index contributed by atoms with van der Waals surface area (Å²) >= 11 is 6.31. The third kappa shape index (κ3) is 1.48. The number of fused-ring (bicyclic) bond motifs is 6. The van der Waals surface area contributed by atoms with Crippen molar-refractivity contribution < 1.29 is 4.79 Å². The second-order valence-electron chi connectivity index (χ2n) is 6.07. The fourth-order valence-corrected chi connectivity index (χ4v) is 4.19. The lowest BCUT2D eigenvalue weighted by Crippen LogP contribution is -2.45. The first-order valence-corrected chi connectivity index (χ1v) is 7.96. The Morgan fingerprint density at radius 2 is 1.91 bits per heavy atom. The minimum absolute atomic E-state index is 0.0208. The van der Waals surface area contributed by atoms with E-state index in [0.29, 0.717) is 11.4 Å². The fraction of sp³-hybridized carbons (Fsp3) is 0.105. The minimum Gasteiger partial charge on any atom is -0.328 e. The van der Waals surface area contributed by atoms with Crippen LogP contribution in [0.15, 0.2) is 60.8 Å². The molecule has 1 unspecified atom stereocenters. The quantitative estimate of drug-likeness (QED) is 0.666. The summed E-state index contributed by atoms with van der Waals surface area (Å²) in [7, 11) is 0. The van der Waals surface area contributed by atoms with E-state index in [1.54, 1.807) is 0 Å². The zero-order valence-corrected chi connectivity index (χ0v) is 13.0. The molecule has 3 aromatic rings. The van der Waals surface area contributed by atoms with Crippen molar-refractivity contribution in [2.24, 2.45) is 0 Å². The van der Waals surface area contributed by atoms with Gasteiger partial charge in [0.2, 0.25) is 0 Å². The van der Waals surface area contributed by atoms with Crippen molar-refractivity contribution >= 4 is 23.2 Å². The molecule has 1 amide bonds. The zero-order valence-electron chi connectivity index (χ0n) is 12.2. The summed E-state index contributed by atoms with van der Waals surface area (Å²) < 4.78 is 2.09. The number of hydrogen-bond donors (Lipinski definition) is 1. The molecule has 0 fully saturated rings. The molecule has 0 aliphatic carbocycles. The SMILES string of the molecule is O=C1Nc2c(Cl)cccc2C12Cc1ccccc1-c1cccn12. The van der Waals surface area contributed by atoms with E-state index in [0.717, 1.165) is 16.9 Å². The highest BCUT2D eigenvalue weighted by atomic mass is 35.5. The van der Waals surface area contributed by atoms with E-state index in [2.05, 4.69) is 28.1 Å². The maximum absolute atomic E-state index is 13.0. The molecule has 2 aliphatic heterocycles. The van der Waals surface area contributed by atoms with Gasteiger partial charge in [0.25, 0.3) is 5.91 Å². The third-order valence-electron chi connectivity index (χ3n) is 4.97. The Hall–Kier alpha value is -2.52. The van der Waals surface area contributed by atoms with Crippen LogP contribution < -0.4 is 5.32 Å². The molecule has 2 aromatic carbocycles. The van der Waals surface area contributed by atoms with E-state index in [1.165, 1.54) is 11.1 Å². The fourth-order valence-electron chi connectivity index (χ4n) is 3.97. The van der Waals surface area contributed by atoms with Gasteiger partial charge in [0.15, 0.2) is 5.54 Å². The lowest BCUT2D eigenvalue weighted by Gasteiger charge is -2.36. The van der Waals surface area contributed by atoms with Gasteiger partial charge in [0, 0.05) is 29.4 Å². The van der Waals surface area contributed by atoms with E-state index < -0.39 is 5.54 Å². The molecule has 23 heavy (non-hydrogen) atoms. The summed E-state index contributed by atoms with van der Waals surface area (Å²) in [6, 6.07) is 18.1. The summed E-state index contributed by atoms with van der Waals surface area (Å²) in [6.45, 7) is 0. The number of hydrogen-bond acceptors (Lipinski definition) is 1. The Morgan fingerprint density at radius 1 is 1.04 bits per heavy atom. The van der Waals surface area contributed by atoms with Gasteiger partial charge in [-0.1, -0.05) is 48.0 Å². The molecule has 0 radical (unpaired) electrons. The molecule has 112 valence electrons. The van der Waals surface area contributed by atoms with Crippen molar-refractivity contribution in [2.45, 2.75) is 12.0 Å². The molecule has 4 heteroatoms. The molecular formula is C19H13ClN2O. The summed E-state index contributed by atoms with van der Waals surface area (Å²) in [6.07, 6.45) is 2.62. The van der Waals surface area contributed by atoms with Crippen LogP contribution in [0.25, 0.3) is 11.3 Å². The molecule has 5 rings (SSSR count). The van der Waals surface area contributed by atoms with Crippen LogP contribution in [0.1, 0.15) is 11.1 Å². The number of carbonyl (C=O) groups is 1. The van der Waals surface area contributed by atoms with E-state index in [4.69, 9.17) is 11.6 Å². The summed E-state index contributed by atoms with van der Waals surface area (Å²) in [4.78, 5) is 13.0. The van der Waals surface area contributed by atoms with E-state index >= 15 is 0 Å². The van der Waals surface area contributed by atoms with Crippen LogP contribution in [0, 0.1) is 0 Å². The maximum Gasteiger partial charge on any atom is 0.255 e. The van der Waals surface area contributed by atoms with Crippen LogP contribution in [0.3, 0.4) is 0 Å². The average Bonchev–Trinajstić information content (AvgIpc) is 3.15. The molecule has 1 spiro atoms. The average molecular weight is 321 g/mol. The standard InChI is InChI=1S/C19H13ClN2O/c20-15-8-3-7-14-17(15)21-18(23)19(14)11-12-5-1-2-6-13(12)16-9-4-10-22(16)19/h1-10H,11H2,(H,21,23). The third-order valence-corrected chi connectivity index (χ3v) is 5.29. The van der Waals surface area contributed by atoms with Crippen LogP contribution in [0.5, 0.6) is 0 Å². The Kier molecular flexibility index (Phi) is 2.41. The maximum atomic E-state index is 13.0. The molecule has 1 N–H and O–H groups in total. The molecule has 0 bridgehead atoms. The van der Waals surface area contributed by atoms with Crippen molar-refractivity contribution in [1.82, 2.24) is 4.57 Å². The predicted molar refractivity (Wildman–Crippen MR) is 90.7 cm³/mol. The van der Waals surface area contributed by atoms with Crippen molar-refractivity contribution in [1.29, 1.82) is 0 Å². The first-order valence-electron chi connectivity index (χ1n) is 7.58. The topological polar surface area (TPSA) is 34.0 Å². The normalized spacial score (nSPS) is 20.8. The highest BCUT2D eigenvalue weighted by Gasteiger charge is 2.51. The van der Waals surface area contributed by atoms with Gasteiger partial charge in [-0.3, -0.25) is 4.79 Å². The van der Waals surface area contributed by atoms with Crippen molar-refractivity contribution in [3.63, 3.8) is 0 Å². The van der Waals surface area contributed by atoms with Crippen LogP contribution >= 0.6 is 11.6 Å². The van der Waals surface area contributed by atoms with E-state index in [1.807, 2.05) is 42.6 Å². The Morgan fingerprint density at radius 3 is 2.83 bits per heavy atom. The van der Waals surface area contributed by atoms with E-state index in [-0.39, 0.29) is 5.91 Å². The molecule has 1 atom stereocenters. The first-order chi connectivity index (χ1) is 11.2. The smallest absolute Gasteiger partial charge is 0.255 e. The number of para-hydroxylation sites is 1. The lowest BCUT2D eigenvalue weighted by atomic mass is 9.79. The van der Waals surface area contributed by atoms with Gasteiger partial charge < -0.3 is 9.88 Å². The Balaban J connectivity index is 1.87. The second-order valence-corrected chi connectivity index (χ2v) is 6.48. The van der Waals surface area contributed by atoms with Crippen LogP contribution in [0.2, 0.25) is 5.02 Å². The molecule has 0 saturated carbocycles. The Labute approximate surface area is 138 Å². The van der Waals surface area contributed by atoms with Gasteiger partial charge in [-0.05, 0) is 23.8 Å². The molecular weight excluding hydrogens is 308 g/mol. The number of nitrogens with zero attached hydrogens (tertiary/aromatic N) is 1. The minimum atomic E-state index is -0.757. The zero-order chi connectivity index (χ0) is 15.6. The van der Waals surface area contributed by atoms with Gasteiger partial charge in [-0.15, -0.1) is 0 Å². The van der Waals surface area contributed by atoms with Gasteiger partial charge in [0.05, 0.1) is 10.7 Å². The number of rotatable bonds is 0. The first kappa shape index (κ1) is 13.0. The molecule has 3 nitrogen and oxygen atoms in total. The predicted octanol–water partition coefficient (Wildman–Crippen LogP) is 4.06. The number of nitrogens with one attached hydrogen (secondary N) is 1. The van der Waals surface area contributed by atoms with Gasteiger partial charge in [0.1, 0.15) is 0 Å². The monoisotopic (exact) mass is 320 g/mol. The largest absolute Gasteiger partial charge is 0.328 e. The van der Waals surface area contributed by atoms with Crippen molar-refractivity contribution in [3.8, 4) is 11.3 Å². The van der Waals surface area contributed by atoms with Crippen LogP contribution in [-0.4, -0.2) is 10.5 Å². The number of halogens is 1. The Bertz CT molecular complexity index is 975. The van der Waals surface area contributed by atoms with Crippen LogP contribution in [0.4, 0.5) is 5.69 Å². The summed E-state index contributed by atoms with van der Waals surface area (Å²) in [5.74, 6) is -0.0208. The number of benzene rings is 2. The van der Waals surface area contributed by atoms with Gasteiger partial charge in [-0.2, -0.15) is 0 Å². The molecule has 1 aromatic heterocycles. The number of aromatic nitrogens is 1. The number of carbonyl (C=O) groups excluding carboxylic acids is 1. The number of amides is 1. The lowest BCUT2D eigenvalue weighted by molar-refractivity contribution is -0.121. The van der Waals surface area contributed by atoms with Crippen LogP contribution in [-0.2, 0) is 16.8 Å². The second kappa shape index (κ2) is 4.27. The van der Waals surface area contributed by atoms with Crippen molar-refractivity contribution in [3.05, 3.63) is 76.9 Å². The van der Waals surface area contributed by atoms with E-state index in [9.17, 15) is 4.79 Å². The summed E-state index contributed by atoms with van der Waals surface area (Å²) in [5, 5.41) is 3.58.